The van der Waals surface area contributed by atoms with Crippen molar-refractivity contribution in [1.29, 1.82) is 0 Å². The van der Waals surface area contributed by atoms with Gasteiger partial charge in [-0.15, -0.1) is 0 Å². The molecule has 2 rings (SSSR count). The number of hydrogen-bond donors (Lipinski definition) is 2. The smallest absolute Gasteiger partial charge is 0.231 e. The first-order chi connectivity index (χ1) is 6.90. The number of hydrogen-bond acceptors (Lipinski definition) is 5. The first kappa shape index (κ1) is 9.61. The van der Waals surface area contributed by atoms with Crippen LogP contribution < -0.4 is 5.32 Å². The zero-order chi connectivity index (χ0) is 9.80. The second kappa shape index (κ2) is 4.52. The molecule has 0 aliphatic carbocycles. The summed E-state index contributed by atoms with van der Waals surface area (Å²) >= 11 is 0. The zero-order valence-corrected chi connectivity index (χ0v) is 8.07. The van der Waals surface area contributed by atoms with Gasteiger partial charge in [0.05, 0.1) is 5.92 Å². The lowest BCUT2D eigenvalue weighted by atomic mass is 10.1. The van der Waals surface area contributed by atoms with Gasteiger partial charge in [-0.3, -0.25) is 0 Å². The maximum Gasteiger partial charge on any atom is 0.231 e. The summed E-state index contributed by atoms with van der Waals surface area (Å²) < 4.78 is 5.16. The van der Waals surface area contributed by atoms with E-state index in [0.29, 0.717) is 24.6 Å². The van der Waals surface area contributed by atoms with Crippen molar-refractivity contribution in [1.82, 2.24) is 15.5 Å². The Labute approximate surface area is 82.5 Å². The molecule has 1 aromatic rings. The molecule has 78 valence electrons. The molecule has 0 radical (unpaired) electrons. The standard InChI is InChI=1S/C9H15N3O2/c13-5-1-2-8-11-9(14-12-8)7-3-4-10-6-7/h7,10,13H,1-6H2. The fourth-order valence-corrected chi connectivity index (χ4v) is 1.64. The topological polar surface area (TPSA) is 71.2 Å². The highest BCUT2D eigenvalue weighted by molar-refractivity contribution is 4.98. The van der Waals surface area contributed by atoms with E-state index in [0.717, 1.165) is 25.4 Å². The highest BCUT2D eigenvalue weighted by Crippen LogP contribution is 2.20. The van der Waals surface area contributed by atoms with Gasteiger partial charge in [0.15, 0.2) is 5.82 Å². The minimum atomic E-state index is 0.175. The molecule has 1 saturated heterocycles. The Morgan fingerprint density at radius 2 is 2.50 bits per heavy atom. The SMILES string of the molecule is OCCCc1noc(C2CCNC2)n1. The van der Waals surface area contributed by atoms with Crippen molar-refractivity contribution in [2.45, 2.75) is 25.2 Å². The van der Waals surface area contributed by atoms with Crippen molar-refractivity contribution in [3.8, 4) is 0 Å². The molecule has 5 nitrogen and oxygen atoms in total. The lowest BCUT2D eigenvalue weighted by molar-refractivity contribution is 0.286. The lowest BCUT2D eigenvalue weighted by Gasteiger charge is -1.98. The van der Waals surface area contributed by atoms with Crippen LogP contribution >= 0.6 is 0 Å². The van der Waals surface area contributed by atoms with Gasteiger partial charge in [0, 0.05) is 19.6 Å². The number of aromatic nitrogens is 2. The average molecular weight is 197 g/mol. The van der Waals surface area contributed by atoms with E-state index in [4.69, 9.17) is 9.63 Å². The minimum absolute atomic E-state index is 0.175. The molecular weight excluding hydrogens is 182 g/mol. The van der Waals surface area contributed by atoms with Crippen molar-refractivity contribution in [2.75, 3.05) is 19.7 Å². The summed E-state index contributed by atoms with van der Waals surface area (Å²) in [4.78, 5) is 4.30. The van der Waals surface area contributed by atoms with E-state index < -0.39 is 0 Å². The van der Waals surface area contributed by atoms with Gasteiger partial charge in [0.1, 0.15) is 0 Å². The summed E-state index contributed by atoms with van der Waals surface area (Å²) in [7, 11) is 0. The highest BCUT2D eigenvalue weighted by Gasteiger charge is 2.22. The number of aliphatic hydroxyl groups is 1. The maximum absolute atomic E-state index is 8.65. The van der Waals surface area contributed by atoms with E-state index in [-0.39, 0.29) is 6.61 Å². The molecular formula is C9H15N3O2. The maximum atomic E-state index is 8.65. The fourth-order valence-electron chi connectivity index (χ4n) is 1.64. The number of nitrogens with one attached hydrogen (secondary N) is 1. The molecule has 1 atom stereocenters. The summed E-state index contributed by atoms with van der Waals surface area (Å²) in [5.41, 5.74) is 0. The van der Waals surface area contributed by atoms with Crippen LogP contribution in [0.25, 0.3) is 0 Å². The summed E-state index contributed by atoms with van der Waals surface area (Å²) in [6, 6.07) is 0. The summed E-state index contributed by atoms with van der Waals surface area (Å²) in [5.74, 6) is 1.83. The predicted octanol–water partition coefficient (Wildman–Crippen LogP) is 0.0714. The third-order valence-electron chi connectivity index (χ3n) is 2.45. The Balaban J connectivity index is 1.94. The van der Waals surface area contributed by atoms with Gasteiger partial charge in [-0.2, -0.15) is 4.98 Å². The fraction of sp³-hybridized carbons (Fsp3) is 0.778. The van der Waals surface area contributed by atoms with Gasteiger partial charge < -0.3 is 14.9 Å². The quantitative estimate of drug-likeness (QED) is 0.714. The van der Waals surface area contributed by atoms with Crippen LogP contribution in [0.2, 0.25) is 0 Å². The number of rotatable bonds is 4. The highest BCUT2D eigenvalue weighted by atomic mass is 16.5. The van der Waals surface area contributed by atoms with Crippen LogP contribution in [0.3, 0.4) is 0 Å². The van der Waals surface area contributed by atoms with Gasteiger partial charge in [-0.05, 0) is 19.4 Å². The van der Waals surface area contributed by atoms with Crippen LogP contribution in [0.15, 0.2) is 4.52 Å². The van der Waals surface area contributed by atoms with E-state index in [1.165, 1.54) is 0 Å². The Bertz CT molecular complexity index is 281. The van der Waals surface area contributed by atoms with E-state index in [1.54, 1.807) is 0 Å². The predicted molar refractivity (Wildman–Crippen MR) is 49.9 cm³/mol. The summed E-state index contributed by atoms with van der Waals surface area (Å²) in [6.45, 7) is 2.13. The Kier molecular flexibility index (Phi) is 3.10. The van der Waals surface area contributed by atoms with E-state index in [1.807, 2.05) is 0 Å². The van der Waals surface area contributed by atoms with Crippen molar-refractivity contribution in [3.63, 3.8) is 0 Å². The minimum Gasteiger partial charge on any atom is -0.396 e. The van der Waals surface area contributed by atoms with Gasteiger partial charge >= 0.3 is 0 Å². The van der Waals surface area contributed by atoms with Gasteiger partial charge in [0.2, 0.25) is 5.89 Å². The largest absolute Gasteiger partial charge is 0.396 e. The third-order valence-corrected chi connectivity index (χ3v) is 2.45. The van der Waals surface area contributed by atoms with Crippen LogP contribution in [-0.2, 0) is 6.42 Å². The zero-order valence-electron chi connectivity index (χ0n) is 8.07. The van der Waals surface area contributed by atoms with E-state index in [2.05, 4.69) is 15.5 Å². The molecule has 1 aromatic heterocycles. The van der Waals surface area contributed by atoms with Crippen LogP contribution in [-0.4, -0.2) is 34.9 Å². The van der Waals surface area contributed by atoms with Crippen molar-refractivity contribution in [2.24, 2.45) is 0 Å². The molecule has 0 spiro atoms. The average Bonchev–Trinajstić information content (AvgIpc) is 2.85. The van der Waals surface area contributed by atoms with Gasteiger partial charge in [-0.25, -0.2) is 0 Å². The normalized spacial score (nSPS) is 21.6. The Hall–Kier alpha value is -0.940. The molecule has 0 aromatic carbocycles. The first-order valence-corrected chi connectivity index (χ1v) is 5.04. The molecule has 1 fully saturated rings. The lowest BCUT2D eigenvalue weighted by Crippen LogP contribution is -2.08. The summed E-state index contributed by atoms with van der Waals surface area (Å²) in [5, 5.41) is 15.8. The first-order valence-electron chi connectivity index (χ1n) is 5.04. The second-order valence-electron chi connectivity index (χ2n) is 3.57. The van der Waals surface area contributed by atoms with E-state index >= 15 is 0 Å². The van der Waals surface area contributed by atoms with Gasteiger partial charge in [-0.1, -0.05) is 5.16 Å². The molecule has 0 saturated carbocycles. The van der Waals surface area contributed by atoms with Crippen molar-refractivity contribution >= 4 is 0 Å². The monoisotopic (exact) mass is 197 g/mol. The van der Waals surface area contributed by atoms with Crippen LogP contribution in [0.4, 0.5) is 0 Å². The molecule has 14 heavy (non-hydrogen) atoms. The van der Waals surface area contributed by atoms with Crippen LogP contribution in [0.5, 0.6) is 0 Å². The number of aryl methyl sites for hydroxylation is 1. The van der Waals surface area contributed by atoms with Crippen LogP contribution in [0.1, 0.15) is 30.5 Å². The Morgan fingerprint density at radius 3 is 3.21 bits per heavy atom. The molecule has 2 heterocycles. The van der Waals surface area contributed by atoms with E-state index in [9.17, 15) is 0 Å². The van der Waals surface area contributed by atoms with Crippen molar-refractivity contribution < 1.29 is 9.63 Å². The third kappa shape index (κ3) is 2.10. The molecule has 1 unspecified atom stereocenters. The molecule has 0 amide bonds. The van der Waals surface area contributed by atoms with Crippen LogP contribution in [0, 0.1) is 0 Å². The second-order valence-corrected chi connectivity index (χ2v) is 3.57. The Morgan fingerprint density at radius 1 is 1.57 bits per heavy atom. The number of nitrogens with zero attached hydrogens (tertiary/aromatic N) is 2. The summed E-state index contributed by atoms with van der Waals surface area (Å²) in [6.07, 6.45) is 2.46. The molecule has 5 heteroatoms. The van der Waals surface area contributed by atoms with Crippen molar-refractivity contribution in [3.05, 3.63) is 11.7 Å². The molecule has 1 aliphatic heterocycles. The number of aliphatic hydroxyl groups excluding tert-OH is 1. The molecule has 1 aliphatic rings. The molecule has 2 N–H and O–H groups in total. The molecule has 0 bridgehead atoms. The van der Waals surface area contributed by atoms with Gasteiger partial charge in [0.25, 0.3) is 0 Å².